The van der Waals surface area contributed by atoms with E-state index in [2.05, 4.69) is 10.1 Å². The molecule has 17 heavy (non-hydrogen) atoms. The van der Waals surface area contributed by atoms with Crippen LogP contribution in [0.15, 0.2) is 36.0 Å². The normalized spacial score (nSPS) is 11.5. The third kappa shape index (κ3) is 3.60. The Morgan fingerprint density at radius 3 is 2.29 bits per heavy atom. The summed E-state index contributed by atoms with van der Waals surface area (Å²) in [6.07, 6.45) is 0. The molecule has 1 aromatic rings. The molecule has 0 atom stereocenters. The number of hydrogen-bond donors (Lipinski definition) is 1. The number of rotatable bonds is 3. The number of carbonyl (C=O) groups is 2. The van der Waals surface area contributed by atoms with Gasteiger partial charge in [0.2, 0.25) is 5.91 Å². The van der Waals surface area contributed by atoms with E-state index < -0.39 is 5.97 Å². The molecule has 0 aliphatic heterocycles. The lowest BCUT2D eigenvalue weighted by molar-refractivity contribution is -0.137. The molecule has 0 heterocycles. The fourth-order valence-corrected chi connectivity index (χ4v) is 1.45. The van der Waals surface area contributed by atoms with E-state index in [1.165, 1.54) is 14.0 Å². The van der Waals surface area contributed by atoms with Crippen molar-refractivity contribution >= 4 is 28.5 Å². The molecule has 1 aromatic carbocycles. The Kier molecular flexibility index (Phi) is 4.72. The van der Waals surface area contributed by atoms with Crippen LogP contribution in [0.3, 0.4) is 0 Å². The Balaban J connectivity index is 3.18. The first kappa shape index (κ1) is 13.3. The van der Waals surface area contributed by atoms with E-state index in [0.29, 0.717) is 5.56 Å². The molecule has 0 fully saturated rings. The Morgan fingerprint density at radius 2 is 1.82 bits per heavy atom. The van der Waals surface area contributed by atoms with Gasteiger partial charge in [-0.1, -0.05) is 41.9 Å². The number of carbonyl (C=O) groups excluding carboxylic acids is 2. The lowest BCUT2D eigenvalue weighted by Crippen LogP contribution is -2.26. The highest BCUT2D eigenvalue weighted by Crippen LogP contribution is 2.22. The van der Waals surface area contributed by atoms with Crippen molar-refractivity contribution in [2.75, 3.05) is 7.11 Å². The van der Waals surface area contributed by atoms with Gasteiger partial charge in [0.05, 0.1) is 12.1 Å². The number of amides is 1. The van der Waals surface area contributed by atoms with Gasteiger partial charge in [-0.15, -0.1) is 0 Å². The summed E-state index contributed by atoms with van der Waals surface area (Å²) in [4.78, 5) is 22.5. The molecule has 0 aromatic heterocycles. The summed E-state index contributed by atoms with van der Waals surface area (Å²) in [6, 6.07) is 8.84. The number of nitrogens with one attached hydrogen (secondary N) is 1. The van der Waals surface area contributed by atoms with Crippen molar-refractivity contribution in [2.45, 2.75) is 6.92 Å². The Morgan fingerprint density at radius 1 is 1.24 bits per heavy atom. The van der Waals surface area contributed by atoms with Crippen LogP contribution in [0.25, 0.3) is 5.03 Å². The summed E-state index contributed by atoms with van der Waals surface area (Å²) in [5, 5.41) is 2.51. The summed E-state index contributed by atoms with van der Waals surface area (Å²) in [5.74, 6) is -1.08. The first-order valence-corrected chi connectivity index (χ1v) is 5.25. The Hall–Kier alpha value is -1.81. The van der Waals surface area contributed by atoms with E-state index in [-0.39, 0.29) is 16.6 Å². The molecule has 1 amide bonds. The second-order valence-corrected chi connectivity index (χ2v) is 3.61. The van der Waals surface area contributed by atoms with Crippen LogP contribution in [-0.2, 0) is 14.3 Å². The second-order valence-electron chi connectivity index (χ2n) is 3.23. The molecule has 0 bridgehead atoms. The van der Waals surface area contributed by atoms with Crippen molar-refractivity contribution in [2.24, 2.45) is 0 Å². The molecule has 0 saturated carbocycles. The molecule has 1 rings (SSSR count). The summed E-state index contributed by atoms with van der Waals surface area (Å²) in [6.45, 7) is 1.29. The van der Waals surface area contributed by atoms with Gasteiger partial charge in [0.25, 0.3) is 0 Å². The molecule has 90 valence electrons. The topological polar surface area (TPSA) is 55.4 Å². The lowest BCUT2D eigenvalue weighted by atomic mass is 10.2. The highest BCUT2D eigenvalue weighted by atomic mass is 35.5. The standard InChI is InChI=1S/C12H12ClNO3/c1-8(15)14-11(12(16)17-2)10(13)9-6-4-3-5-7-9/h3-7H,1-2H3,(H,14,15)/b11-10-. The number of benzene rings is 1. The quantitative estimate of drug-likeness (QED) is 0.661. The summed E-state index contributed by atoms with van der Waals surface area (Å²) < 4.78 is 4.56. The van der Waals surface area contributed by atoms with Crippen LogP contribution in [0.1, 0.15) is 12.5 Å². The van der Waals surface area contributed by atoms with Gasteiger partial charge in [0.1, 0.15) is 5.70 Å². The van der Waals surface area contributed by atoms with E-state index >= 15 is 0 Å². The van der Waals surface area contributed by atoms with E-state index in [4.69, 9.17) is 11.6 Å². The van der Waals surface area contributed by atoms with Crippen LogP contribution in [-0.4, -0.2) is 19.0 Å². The van der Waals surface area contributed by atoms with Crippen molar-refractivity contribution in [3.8, 4) is 0 Å². The van der Waals surface area contributed by atoms with E-state index in [9.17, 15) is 9.59 Å². The van der Waals surface area contributed by atoms with Crippen LogP contribution in [0.2, 0.25) is 0 Å². The minimum atomic E-state index is -0.686. The van der Waals surface area contributed by atoms with Gasteiger partial charge >= 0.3 is 5.97 Å². The number of methoxy groups -OCH3 is 1. The SMILES string of the molecule is COC(=O)/C(NC(C)=O)=C(/Cl)c1ccccc1. The first-order valence-electron chi connectivity index (χ1n) is 4.87. The zero-order valence-corrected chi connectivity index (χ0v) is 10.2. The fourth-order valence-electron chi connectivity index (χ4n) is 1.20. The maximum absolute atomic E-state index is 11.5. The van der Waals surface area contributed by atoms with Gasteiger partial charge in [-0.2, -0.15) is 0 Å². The van der Waals surface area contributed by atoms with Crippen molar-refractivity contribution in [3.63, 3.8) is 0 Å². The molecule has 0 saturated heterocycles. The third-order valence-electron chi connectivity index (χ3n) is 1.94. The molecular formula is C12H12ClNO3. The Labute approximate surface area is 104 Å². The minimum absolute atomic E-state index is 0.0622. The highest BCUT2D eigenvalue weighted by molar-refractivity contribution is 6.51. The monoisotopic (exact) mass is 253 g/mol. The van der Waals surface area contributed by atoms with Crippen LogP contribution in [0, 0.1) is 0 Å². The zero-order valence-electron chi connectivity index (χ0n) is 9.49. The average molecular weight is 254 g/mol. The number of halogens is 1. The van der Waals surface area contributed by atoms with Crippen LogP contribution < -0.4 is 5.32 Å². The van der Waals surface area contributed by atoms with Crippen LogP contribution in [0.4, 0.5) is 0 Å². The third-order valence-corrected chi connectivity index (χ3v) is 2.34. The minimum Gasteiger partial charge on any atom is -0.464 e. The van der Waals surface area contributed by atoms with Gasteiger partial charge in [-0.05, 0) is 5.56 Å². The largest absolute Gasteiger partial charge is 0.464 e. The predicted molar refractivity (Wildman–Crippen MR) is 65.0 cm³/mol. The zero-order chi connectivity index (χ0) is 12.8. The number of ether oxygens (including phenoxy) is 1. The predicted octanol–water partition coefficient (Wildman–Crippen LogP) is 1.90. The fraction of sp³-hybridized carbons (Fsp3) is 0.167. The summed E-state index contributed by atoms with van der Waals surface area (Å²) in [5.41, 5.74) is 0.566. The lowest BCUT2D eigenvalue weighted by Gasteiger charge is -2.09. The van der Waals surface area contributed by atoms with Gasteiger partial charge in [-0.25, -0.2) is 4.79 Å². The molecular weight excluding hydrogens is 242 g/mol. The number of esters is 1. The van der Waals surface area contributed by atoms with Gasteiger partial charge < -0.3 is 10.1 Å². The van der Waals surface area contributed by atoms with E-state index in [1.807, 2.05) is 6.07 Å². The molecule has 0 unspecified atom stereocenters. The molecule has 0 radical (unpaired) electrons. The van der Waals surface area contributed by atoms with Gasteiger partial charge in [-0.3, -0.25) is 4.79 Å². The Bertz CT molecular complexity index is 454. The summed E-state index contributed by atoms with van der Waals surface area (Å²) in [7, 11) is 1.22. The van der Waals surface area contributed by atoms with Crippen LogP contribution >= 0.6 is 11.6 Å². The molecule has 4 nitrogen and oxygen atoms in total. The second kappa shape index (κ2) is 6.06. The smallest absolute Gasteiger partial charge is 0.356 e. The summed E-state index contributed by atoms with van der Waals surface area (Å²) >= 11 is 6.05. The van der Waals surface area contributed by atoms with Crippen molar-refractivity contribution in [3.05, 3.63) is 41.6 Å². The average Bonchev–Trinajstić information content (AvgIpc) is 2.35. The molecule has 1 N–H and O–H groups in total. The van der Waals surface area contributed by atoms with Gasteiger partial charge in [0, 0.05) is 6.92 Å². The molecule has 0 aliphatic carbocycles. The maximum atomic E-state index is 11.5. The van der Waals surface area contributed by atoms with Crippen LogP contribution in [0.5, 0.6) is 0 Å². The first-order chi connectivity index (χ1) is 8.06. The van der Waals surface area contributed by atoms with E-state index in [1.54, 1.807) is 24.3 Å². The molecule has 0 aliphatic rings. The van der Waals surface area contributed by atoms with Gasteiger partial charge in [0.15, 0.2) is 0 Å². The van der Waals surface area contributed by atoms with Crippen molar-refractivity contribution in [1.29, 1.82) is 0 Å². The molecule has 5 heteroatoms. The van der Waals surface area contributed by atoms with Crippen molar-refractivity contribution < 1.29 is 14.3 Å². The van der Waals surface area contributed by atoms with Crippen molar-refractivity contribution in [1.82, 2.24) is 5.32 Å². The molecule has 0 spiro atoms. The number of hydrogen-bond acceptors (Lipinski definition) is 3. The highest BCUT2D eigenvalue weighted by Gasteiger charge is 2.17. The van der Waals surface area contributed by atoms with E-state index in [0.717, 1.165) is 0 Å². The maximum Gasteiger partial charge on any atom is 0.356 e.